The van der Waals surface area contributed by atoms with E-state index in [2.05, 4.69) is 10.3 Å². The fourth-order valence-corrected chi connectivity index (χ4v) is 3.31. The van der Waals surface area contributed by atoms with Gasteiger partial charge in [0.25, 0.3) is 5.91 Å². The third-order valence-electron chi connectivity index (χ3n) is 4.56. The highest BCUT2D eigenvalue weighted by molar-refractivity contribution is 6.06. The maximum atomic E-state index is 13.7. The molecule has 2 aromatic carbocycles. The summed E-state index contributed by atoms with van der Waals surface area (Å²) in [5.74, 6) is -0.463. The topological polar surface area (TPSA) is 45.2 Å². The molecule has 1 aliphatic heterocycles. The minimum atomic E-state index is -0.338. The second-order valence-corrected chi connectivity index (χ2v) is 6.39. The van der Waals surface area contributed by atoms with Crippen LogP contribution in [0.3, 0.4) is 0 Å². The molecule has 130 valence electrons. The zero-order valence-corrected chi connectivity index (χ0v) is 14.3. The zero-order chi connectivity index (χ0) is 18.1. The molecule has 0 fully saturated rings. The highest BCUT2D eigenvalue weighted by atomic mass is 19.1. The first-order valence-electron chi connectivity index (χ1n) is 8.52. The van der Waals surface area contributed by atoms with Crippen LogP contribution in [0.25, 0.3) is 0 Å². The van der Waals surface area contributed by atoms with Crippen molar-refractivity contribution in [2.75, 3.05) is 10.2 Å². The minimum absolute atomic E-state index is 0.0953. The van der Waals surface area contributed by atoms with Crippen LogP contribution in [-0.4, -0.2) is 16.9 Å². The quantitative estimate of drug-likeness (QED) is 0.756. The van der Waals surface area contributed by atoms with Crippen molar-refractivity contribution in [1.29, 1.82) is 0 Å². The van der Waals surface area contributed by atoms with Gasteiger partial charge >= 0.3 is 0 Å². The third-order valence-corrected chi connectivity index (χ3v) is 4.56. The van der Waals surface area contributed by atoms with Crippen LogP contribution in [0.4, 0.5) is 21.5 Å². The summed E-state index contributed by atoms with van der Waals surface area (Å²) in [6.45, 7) is 2.03. The Morgan fingerprint density at radius 1 is 1.12 bits per heavy atom. The highest BCUT2D eigenvalue weighted by Crippen LogP contribution is 2.33. The van der Waals surface area contributed by atoms with E-state index in [0.29, 0.717) is 17.1 Å². The highest BCUT2D eigenvalue weighted by Gasteiger charge is 2.31. The SMILES string of the molecule is CC1Cc2ccccc2N1C(=O)c1ccc(Nc2ccccc2F)cn1. The van der Waals surface area contributed by atoms with E-state index in [1.54, 1.807) is 41.4 Å². The minimum Gasteiger partial charge on any atom is -0.352 e. The number of amides is 1. The number of halogens is 1. The lowest BCUT2D eigenvalue weighted by molar-refractivity contribution is 0.0976. The molecular formula is C21H18FN3O. The first-order chi connectivity index (χ1) is 12.6. The summed E-state index contributed by atoms with van der Waals surface area (Å²) in [6, 6.07) is 17.9. The number of hydrogen-bond acceptors (Lipinski definition) is 3. The number of anilines is 3. The summed E-state index contributed by atoms with van der Waals surface area (Å²) in [5, 5.41) is 2.97. The van der Waals surface area contributed by atoms with Crippen LogP contribution in [0, 0.1) is 5.82 Å². The average Bonchev–Trinajstić information content (AvgIpc) is 2.99. The number of benzene rings is 2. The van der Waals surface area contributed by atoms with Crippen LogP contribution in [0.1, 0.15) is 23.0 Å². The molecule has 1 N–H and O–H groups in total. The number of fused-ring (bicyclic) bond motifs is 1. The van der Waals surface area contributed by atoms with Gasteiger partial charge in [-0.05, 0) is 49.2 Å². The second kappa shape index (κ2) is 6.59. The molecule has 2 heterocycles. The summed E-state index contributed by atoms with van der Waals surface area (Å²) in [4.78, 5) is 19.0. The molecular weight excluding hydrogens is 329 g/mol. The van der Waals surface area contributed by atoms with E-state index in [1.807, 2.05) is 31.2 Å². The van der Waals surface area contributed by atoms with Crippen LogP contribution < -0.4 is 10.2 Å². The number of rotatable bonds is 3. The molecule has 0 aliphatic carbocycles. The Kier molecular flexibility index (Phi) is 4.13. The van der Waals surface area contributed by atoms with Gasteiger partial charge in [0.1, 0.15) is 11.5 Å². The zero-order valence-electron chi connectivity index (χ0n) is 14.3. The van der Waals surface area contributed by atoms with Crippen molar-refractivity contribution in [2.24, 2.45) is 0 Å². The summed E-state index contributed by atoms with van der Waals surface area (Å²) < 4.78 is 13.7. The first kappa shape index (κ1) is 16.3. The van der Waals surface area contributed by atoms with Crippen molar-refractivity contribution in [3.63, 3.8) is 0 Å². The van der Waals surface area contributed by atoms with Crippen LogP contribution >= 0.6 is 0 Å². The van der Waals surface area contributed by atoms with Crippen LogP contribution in [0.2, 0.25) is 0 Å². The van der Waals surface area contributed by atoms with E-state index in [1.165, 1.54) is 11.6 Å². The molecule has 5 heteroatoms. The molecule has 4 nitrogen and oxygen atoms in total. The van der Waals surface area contributed by atoms with Crippen molar-refractivity contribution in [3.8, 4) is 0 Å². The number of nitrogens with one attached hydrogen (secondary N) is 1. The smallest absolute Gasteiger partial charge is 0.277 e. The second-order valence-electron chi connectivity index (χ2n) is 6.39. The lowest BCUT2D eigenvalue weighted by Crippen LogP contribution is -2.36. The maximum Gasteiger partial charge on any atom is 0.277 e. The van der Waals surface area contributed by atoms with Crippen molar-refractivity contribution < 1.29 is 9.18 Å². The molecule has 4 rings (SSSR count). The molecule has 0 saturated heterocycles. The van der Waals surface area contributed by atoms with E-state index < -0.39 is 0 Å². The van der Waals surface area contributed by atoms with Gasteiger partial charge < -0.3 is 10.2 Å². The van der Waals surface area contributed by atoms with Crippen molar-refractivity contribution in [1.82, 2.24) is 4.98 Å². The predicted molar refractivity (Wildman–Crippen MR) is 100 cm³/mol. The number of hydrogen-bond donors (Lipinski definition) is 1. The van der Waals surface area contributed by atoms with Gasteiger partial charge in [-0.15, -0.1) is 0 Å². The van der Waals surface area contributed by atoms with Crippen LogP contribution in [0.5, 0.6) is 0 Å². The summed E-state index contributed by atoms with van der Waals surface area (Å²) >= 11 is 0. The molecule has 1 aromatic heterocycles. The molecule has 1 aliphatic rings. The van der Waals surface area contributed by atoms with Crippen molar-refractivity contribution in [2.45, 2.75) is 19.4 Å². The van der Waals surface area contributed by atoms with Gasteiger partial charge in [0.05, 0.1) is 17.6 Å². The summed E-state index contributed by atoms with van der Waals surface area (Å²) in [7, 11) is 0. The number of carbonyl (C=O) groups is 1. The molecule has 0 radical (unpaired) electrons. The fraction of sp³-hybridized carbons (Fsp3) is 0.143. The number of para-hydroxylation sites is 2. The molecule has 0 saturated carbocycles. The molecule has 0 spiro atoms. The standard InChI is InChI=1S/C21H18FN3O/c1-14-12-15-6-2-5-9-20(15)25(14)21(26)19-11-10-16(13-23-19)24-18-8-4-3-7-17(18)22/h2-11,13-14,24H,12H2,1H3. The number of nitrogens with zero attached hydrogens (tertiary/aromatic N) is 2. The Labute approximate surface area is 151 Å². The molecule has 1 amide bonds. The van der Waals surface area contributed by atoms with E-state index in [4.69, 9.17) is 0 Å². The average molecular weight is 347 g/mol. The first-order valence-corrected chi connectivity index (χ1v) is 8.52. The Balaban J connectivity index is 1.56. The van der Waals surface area contributed by atoms with E-state index >= 15 is 0 Å². The van der Waals surface area contributed by atoms with Crippen LogP contribution in [0.15, 0.2) is 66.9 Å². The number of carbonyl (C=O) groups excluding carboxylic acids is 1. The summed E-state index contributed by atoms with van der Waals surface area (Å²) in [5.41, 5.74) is 3.48. The van der Waals surface area contributed by atoms with Gasteiger partial charge in [-0.2, -0.15) is 0 Å². The maximum absolute atomic E-state index is 13.7. The third kappa shape index (κ3) is 2.92. The van der Waals surface area contributed by atoms with Gasteiger partial charge in [0.15, 0.2) is 0 Å². The molecule has 1 atom stereocenters. The van der Waals surface area contributed by atoms with Crippen LogP contribution in [-0.2, 0) is 6.42 Å². The van der Waals surface area contributed by atoms with E-state index in [0.717, 1.165) is 12.1 Å². The van der Waals surface area contributed by atoms with Crippen molar-refractivity contribution >= 4 is 23.0 Å². The Morgan fingerprint density at radius 3 is 2.65 bits per heavy atom. The fourth-order valence-electron chi connectivity index (χ4n) is 3.31. The molecule has 3 aromatic rings. The monoisotopic (exact) mass is 347 g/mol. The lowest BCUT2D eigenvalue weighted by Gasteiger charge is -2.22. The van der Waals surface area contributed by atoms with Gasteiger partial charge in [-0.3, -0.25) is 4.79 Å². The van der Waals surface area contributed by atoms with E-state index in [9.17, 15) is 9.18 Å². The molecule has 0 bridgehead atoms. The number of pyridine rings is 1. The van der Waals surface area contributed by atoms with Crippen molar-refractivity contribution in [3.05, 3.63) is 83.9 Å². The van der Waals surface area contributed by atoms with Gasteiger partial charge in [0, 0.05) is 11.7 Å². The predicted octanol–water partition coefficient (Wildman–Crippen LogP) is 4.56. The normalized spacial score (nSPS) is 15.6. The lowest BCUT2D eigenvalue weighted by atomic mass is 10.1. The summed E-state index contributed by atoms with van der Waals surface area (Å²) in [6.07, 6.45) is 2.39. The Bertz CT molecular complexity index is 955. The molecule has 1 unspecified atom stereocenters. The van der Waals surface area contributed by atoms with Gasteiger partial charge in [-0.25, -0.2) is 9.37 Å². The van der Waals surface area contributed by atoms with Gasteiger partial charge in [0.2, 0.25) is 0 Å². The largest absolute Gasteiger partial charge is 0.352 e. The number of aromatic nitrogens is 1. The Morgan fingerprint density at radius 2 is 1.88 bits per heavy atom. The van der Waals surface area contributed by atoms with E-state index in [-0.39, 0.29) is 17.8 Å². The molecule has 26 heavy (non-hydrogen) atoms. The van der Waals surface area contributed by atoms with Gasteiger partial charge in [-0.1, -0.05) is 30.3 Å². The Hall–Kier alpha value is -3.21.